The normalized spacial score (nSPS) is 19.8. The van der Waals surface area contributed by atoms with Crippen LogP contribution in [0, 0.1) is 11.6 Å². The minimum atomic E-state index is -3.13. The number of amides is 1. The zero-order valence-electron chi connectivity index (χ0n) is 23.3. The number of carbonyl (C=O) groups is 1. The summed E-state index contributed by atoms with van der Waals surface area (Å²) in [6, 6.07) is 1.76. The number of benzene rings is 1. The standard InChI is InChI=1S/C28H31F4N7O3/c1-15-13-38(5-4-37(15)3)21-9-20(29)23(17-10-34-28(35-11-17)39-6-7-42-16(2)14-39)24(30)25(21)36-27(41)19-12-33-22(40)8-18(19)26(31)32/h8-12,15-16,26H,4-7,13-14H2,1-3H3,(H,33,40)(H,36,41). The second kappa shape index (κ2) is 12.1. The summed E-state index contributed by atoms with van der Waals surface area (Å²) in [5.41, 5.74) is -2.94. The fraction of sp³-hybridized carbons (Fsp3) is 0.429. The maximum absolute atomic E-state index is 16.3. The number of aromatic amines is 1. The molecule has 3 aromatic rings. The van der Waals surface area contributed by atoms with Crippen molar-refractivity contribution in [2.45, 2.75) is 32.4 Å². The summed E-state index contributed by atoms with van der Waals surface area (Å²) in [7, 11) is 1.93. The second-order valence-corrected chi connectivity index (χ2v) is 10.5. The van der Waals surface area contributed by atoms with Gasteiger partial charge in [0.2, 0.25) is 11.5 Å². The van der Waals surface area contributed by atoms with E-state index < -0.39 is 46.2 Å². The number of alkyl halides is 2. The van der Waals surface area contributed by atoms with E-state index in [1.807, 2.05) is 25.8 Å². The summed E-state index contributed by atoms with van der Waals surface area (Å²) in [4.78, 5) is 41.4. The van der Waals surface area contributed by atoms with Crippen LogP contribution >= 0.6 is 0 Å². The van der Waals surface area contributed by atoms with Crippen molar-refractivity contribution in [1.29, 1.82) is 0 Å². The van der Waals surface area contributed by atoms with E-state index in [1.165, 1.54) is 12.4 Å². The van der Waals surface area contributed by atoms with E-state index in [1.54, 1.807) is 4.90 Å². The Hall–Kier alpha value is -4.04. The van der Waals surface area contributed by atoms with Crippen LogP contribution in [-0.2, 0) is 4.74 Å². The molecule has 0 bridgehead atoms. The first-order chi connectivity index (χ1) is 20.0. The van der Waals surface area contributed by atoms with E-state index in [0.717, 1.165) is 12.3 Å². The largest absolute Gasteiger partial charge is 0.375 e. The maximum Gasteiger partial charge on any atom is 0.264 e. The van der Waals surface area contributed by atoms with Crippen LogP contribution in [0.2, 0.25) is 0 Å². The van der Waals surface area contributed by atoms with Gasteiger partial charge >= 0.3 is 0 Å². The summed E-state index contributed by atoms with van der Waals surface area (Å²) >= 11 is 0. The second-order valence-electron chi connectivity index (χ2n) is 10.5. The SMILES string of the molecule is CC1CN(c2ncc(-c3c(F)cc(N4CCN(C)C(C)C4)c(NC(=O)c4c[nH]c(=O)cc4C(F)F)c3F)cn2)CCO1. The molecule has 5 rings (SSSR count). The molecule has 0 spiro atoms. The molecule has 2 aliphatic heterocycles. The predicted octanol–water partition coefficient (Wildman–Crippen LogP) is 3.67. The smallest absolute Gasteiger partial charge is 0.264 e. The summed E-state index contributed by atoms with van der Waals surface area (Å²) in [5.74, 6) is -2.72. The molecule has 14 heteroatoms. The molecule has 2 aliphatic rings. The number of piperazine rings is 1. The van der Waals surface area contributed by atoms with Crippen LogP contribution in [0.3, 0.4) is 0 Å². The number of nitrogens with zero attached hydrogens (tertiary/aromatic N) is 5. The zero-order valence-corrected chi connectivity index (χ0v) is 23.3. The van der Waals surface area contributed by atoms with E-state index in [2.05, 4.69) is 25.2 Å². The third-order valence-electron chi connectivity index (χ3n) is 7.62. The molecule has 2 atom stereocenters. The van der Waals surface area contributed by atoms with Gasteiger partial charge in [0, 0.05) is 80.6 Å². The summed E-state index contributed by atoms with van der Waals surface area (Å²) in [6.45, 7) is 6.87. The Morgan fingerprint density at radius 3 is 2.50 bits per heavy atom. The Balaban J connectivity index is 1.56. The fourth-order valence-electron chi connectivity index (χ4n) is 5.17. The first-order valence-electron chi connectivity index (χ1n) is 13.5. The van der Waals surface area contributed by atoms with Crippen molar-refractivity contribution < 1.29 is 27.1 Å². The number of aromatic nitrogens is 3. The Labute approximate surface area is 239 Å². The molecule has 4 heterocycles. The van der Waals surface area contributed by atoms with Crippen LogP contribution < -0.4 is 20.7 Å². The number of anilines is 3. The van der Waals surface area contributed by atoms with Crippen molar-refractivity contribution in [2.75, 3.05) is 61.5 Å². The highest BCUT2D eigenvalue weighted by molar-refractivity contribution is 6.07. The average molecular weight is 590 g/mol. The van der Waals surface area contributed by atoms with E-state index in [-0.39, 0.29) is 29.1 Å². The number of nitrogens with one attached hydrogen (secondary N) is 2. The molecule has 0 radical (unpaired) electrons. The fourth-order valence-corrected chi connectivity index (χ4v) is 5.17. The highest BCUT2D eigenvalue weighted by Crippen LogP contribution is 2.39. The van der Waals surface area contributed by atoms with Gasteiger partial charge in [-0.2, -0.15) is 0 Å². The van der Waals surface area contributed by atoms with Gasteiger partial charge in [-0.15, -0.1) is 0 Å². The van der Waals surface area contributed by atoms with E-state index >= 15 is 8.78 Å². The Morgan fingerprint density at radius 2 is 1.83 bits per heavy atom. The molecular weight excluding hydrogens is 558 g/mol. The number of pyridine rings is 1. The summed E-state index contributed by atoms with van der Waals surface area (Å²) in [5, 5.41) is 2.38. The number of hydrogen-bond donors (Lipinski definition) is 2. The number of carbonyl (C=O) groups excluding carboxylic acids is 1. The molecule has 2 fully saturated rings. The number of likely N-dealkylation sites (N-methyl/N-ethyl adjacent to an activating group) is 1. The highest BCUT2D eigenvalue weighted by Gasteiger charge is 2.30. The van der Waals surface area contributed by atoms with Crippen LogP contribution in [0.5, 0.6) is 0 Å². The topological polar surface area (TPSA) is 107 Å². The molecule has 2 saturated heterocycles. The van der Waals surface area contributed by atoms with Gasteiger partial charge in [0.05, 0.1) is 29.5 Å². The quantitative estimate of drug-likeness (QED) is 0.420. The van der Waals surface area contributed by atoms with Crippen LogP contribution in [-0.4, -0.2) is 84.3 Å². The molecule has 1 aromatic carbocycles. The molecule has 2 aromatic heterocycles. The van der Waals surface area contributed by atoms with Crippen molar-refractivity contribution >= 4 is 23.2 Å². The molecule has 1 amide bonds. The first-order valence-corrected chi connectivity index (χ1v) is 13.5. The summed E-state index contributed by atoms with van der Waals surface area (Å²) in [6.07, 6.45) is 0.275. The summed E-state index contributed by atoms with van der Waals surface area (Å²) < 4.78 is 64.9. The zero-order chi connectivity index (χ0) is 30.1. The number of hydrogen-bond acceptors (Lipinski definition) is 8. The van der Waals surface area contributed by atoms with Gasteiger partial charge in [-0.05, 0) is 20.9 Å². The maximum atomic E-state index is 16.3. The van der Waals surface area contributed by atoms with Gasteiger partial charge in [0.15, 0.2) is 5.82 Å². The lowest BCUT2D eigenvalue weighted by Gasteiger charge is -2.39. The molecule has 224 valence electrons. The Kier molecular flexibility index (Phi) is 8.45. The predicted molar refractivity (Wildman–Crippen MR) is 149 cm³/mol. The van der Waals surface area contributed by atoms with Crippen molar-refractivity contribution in [3.8, 4) is 11.1 Å². The monoisotopic (exact) mass is 589 g/mol. The minimum Gasteiger partial charge on any atom is -0.375 e. The lowest BCUT2D eigenvalue weighted by Crippen LogP contribution is -2.50. The van der Waals surface area contributed by atoms with Gasteiger partial charge in [-0.3, -0.25) is 9.59 Å². The van der Waals surface area contributed by atoms with Crippen LogP contribution in [0.15, 0.2) is 35.5 Å². The van der Waals surface area contributed by atoms with Crippen molar-refractivity contribution in [2.24, 2.45) is 0 Å². The molecule has 0 aliphatic carbocycles. The van der Waals surface area contributed by atoms with Crippen molar-refractivity contribution in [3.05, 3.63) is 63.8 Å². The van der Waals surface area contributed by atoms with Crippen LogP contribution in [0.25, 0.3) is 11.1 Å². The third kappa shape index (κ3) is 5.95. The number of morpholine rings is 1. The molecule has 42 heavy (non-hydrogen) atoms. The Bertz CT molecular complexity index is 1520. The number of halogens is 4. The first kappa shape index (κ1) is 29.5. The molecule has 2 N–H and O–H groups in total. The van der Waals surface area contributed by atoms with E-state index in [0.29, 0.717) is 51.3 Å². The molecular formula is C28H31F4N7O3. The average Bonchev–Trinajstić information content (AvgIpc) is 2.96. The third-order valence-corrected chi connectivity index (χ3v) is 7.62. The van der Waals surface area contributed by atoms with E-state index in [4.69, 9.17) is 4.74 Å². The Morgan fingerprint density at radius 1 is 1.10 bits per heavy atom. The molecule has 2 unspecified atom stereocenters. The minimum absolute atomic E-state index is 0.0269. The van der Waals surface area contributed by atoms with E-state index in [9.17, 15) is 18.4 Å². The lowest BCUT2D eigenvalue weighted by molar-refractivity contribution is 0.0526. The highest BCUT2D eigenvalue weighted by atomic mass is 19.3. The van der Waals surface area contributed by atoms with Crippen molar-refractivity contribution in [3.63, 3.8) is 0 Å². The molecule has 0 saturated carbocycles. The number of H-pyrrole nitrogens is 1. The van der Waals surface area contributed by atoms with Crippen LogP contribution in [0.1, 0.15) is 36.2 Å². The van der Waals surface area contributed by atoms with Gasteiger partial charge in [0.25, 0.3) is 12.3 Å². The number of rotatable bonds is 6. The van der Waals surface area contributed by atoms with Crippen molar-refractivity contribution in [1.82, 2.24) is 19.9 Å². The number of ether oxygens (including phenoxy) is 1. The lowest BCUT2D eigenvalue weighted by atomic mass is 10.0. The van der Waals surface area contributed by atoms with Gasteiger partial charge in [-0.25, -0.2) is 27.5 Å². The molecule has 10 nitrogen and oxygen atoms in total. The van der Waals surface area contributed by atoms with Gasteiger partial charge in [0.1, 0.15) is 11.5 Å². The van der Waals surface area contributed by atoms with Gasteiger partial charge in [-0.1, -0.05) is 0 Å². The van der Waals surface area contributed by atoms with Gasteiger partial charge < -0.3 is 29.7 Å². The van der Waals surface area contributed by atoms with Crippen LogP contribution in [0.4, 0.5) is 34.9 Å².